The Hall–Kier alpha value is -0.280. The number of halogens is 2. The molecule has 1 aliphatic carbocycles. The van der Waals surface area contributed by atoms with Crippen LogP contribution < -0.4 is 5.32 Å². The van der Waals surface area contributed by atoms with E-state index in [4.69, 9.17) is 23.2 Å². The maximum atomic E-state index is 6.17. The summed E-state index contributed by atoms with van der Waals surface area (Å²) in [6, 6.07) is 6.25. The molecule has 0 bridgehead atoms. The standard InChI is InChI=1S/C15H22Cl2N2/c1-18-14(11-6-7-12(16)13(17)10-11)15(19(2)3)8-4-5-9-15/h6-7,10,14,18H,4-5,8-9H2,1-3H3. The van der Waals surface area contributed by atoms with E-state index in [9.17, 15) is 0 Å². The van der Waals surface area contributed by atoms with Crippen molar-refractivity contribution < 1.29 is 0 Å². The third-order valence-corrected chi connectivity index (χ3v) is 5.20. The van der Waals surface area contributed by atoms with Crippen LogP contribution in [0.2, 0.25) is 10.0 Å². The maximum absolute atomic E-state index is 6.17. The second-order valence-electron chi connectivity index (χ2n) is 5.60. The first-order chi connectivity index (χ1) is 9.01. The highest BCUT2D eigenvalue weighted by atomic mass is 35.5. The van der Waals surface area contributed by atoms with Crippen LogP contribution in [0.5, 0.6) is 0 Å². The highest BCUT2D eigenvalue weighted by molar-refractivity contribution is 6.42. The van der Waals surface area contributed by atoms with Crippen molar-refractivity contribution in [2.75, 3.05) is 21.1 Å². The molecule has 0 spiro atoms. The van der Waals surface area contributed by atoms with E-state index < -0.39 is 0 Å². The molecule has 0 aliphatic heterocycles. The minimum absolute atomic E-state index is 0.173. The Balaban J connectivity index is 2.40. The van der Waals surface area contributed by atoms with Gasteiger partial charge in [-0.1, -0.05) is 42.1 Å². The normalized spacial score (nSPS) is 19.9. The van der Waals surface area contributed by atoms with E-state index in [0.29, 0.717) is 10.0 Å². The highest BCUT2D eigenvalue weighted by Gasteiger charge is 2.43. The number of rotatable bonds is 4. The largest absolute Gasteiger partial charge is 0.311 e. The second kappa shape index (κ2) is 6.01. The van der Waals surface area contributed by atoms with E-state index in [1.165, 1.54) is 31.2 Å². The molecule has 0 aromatic heterocycles. The Morgan fingerprint density at radius 2 is 1.79 bits per heavy atom. The Labute approximate surface area is 126 Å². The van der Waals surface area contributed by atoms with Gasteiger partial charge in [-0.15, -0.1) is 0 Å². The number of nitrogens with one attached hydrogen (secondary N) is 1. The lowest BCUT2D eigenvalue weighted by Crippen LogP contribution is -2.51. The Morgan fingerprint density at radius 3 is 2.26 bits per heavy atom. The highest BCUT2D eigenvalue weighted by Crippen LogP contribution is 2.44. The molecule has 0 radical (unpaired) electrons. The van der Waals surface area contributed by atoms with Crippen molar-refractivity contribution in [3.63, 3.8) is 0 Å². The van der Waals surface area contributed by atoms with Gasteiger partial charge in [-0.05, 0) is 51.7 Å². The van der Waals surface area contributed by atoms with Gasteiger partial charge in [-0.3, -0.25) is 0 Å². The first-order valence-corrected chi connectivity index (χ1v) is 7.56. The number of likely N-dealkylation sites (N-methyl/N-ethyl adjacent to an activating group) is 2. The predicted octanol–water partition coefficient (Wildman–Crippen LogP) is 4.13. The summed E-state index contributed by atoms with van der Waals surface area (Å²) in [5, 5.41) is 4.73. The van der Waals surface area contributed by atoms with Crippen LogP contribution in [0.1, 0.15) is 37.3 Å². The van der Waals surface area contributed by atoms with Gasteiger partial charge in [0.2, 0.25) is 0 Å². The summed E-state index contributed by atoms with van der Waals surface area (Å²) in [5.41, 5.74) is 1.39. The molecule has 1 N–H and O–H groups in total. The molecule has 1 aromatic carbocycles. The Bertz CT molecular complexity index is 440. The van der Waals surface area contributed by atoms with Gasteiger partial charge in [0.25, 0.3) is 0 Å². The van der Waals surface area contributed by atoms with Crippen molar-refractivity contribution >= 4 is 23.2 Å². The van der Waals surface area contributed by atoms with Crippen LogP contribution in [0.4, 0.5) is 0 Å². The molecule has 19 heavy (non-hydrogen) atoms. The first-order valence-electron chi connectivity index (χ1n) is 6.81. The predicted molar refractivity (Wildman–Crippen MR) is 83.1 cm³/mol. The zero-order chi connectivity index (χ0) is 14.0. The SMILES string of the molecule is CNC(c1ccc(Cl)c(Cl)c1)C1(N(C)C)CCCC1. The minimum atomic E-state index is 0.173. The number of hydrogen-bond acceptors (Lipinski definition) is 2. The first kappa shape index (κ1) is 15.1. The molecular weight excluding hydrogens is 279 g/mol. The van der Waals surface area contributed by atoms with Crippen LogP contribution in [0.25, 0.3) is 0 Å². The topological polar surface area (TPSA) is 15.3 Å². The van der Waals surface area contributed by atoms with Gasteiger partial charge in [0.05, 0.1) is 16.1 Å². The molecule has 1 aromatic rings. The maximum Gasteiger partial charge on any atom is 0.0595 e. The fourth-order valence-electron chi connectivity index (χ4n) is 3.42. The van der Waals surface area contributed by atoms with E-state index in [0.717, 1.165) is 0 Å². The molecule has 0 saturated heterocycles. The quantitative estimate of drug-likeness (QED) is 0.899. The van der Waals surface area contributed by atoms with E-state index >= 15 is 0 Å². The van der Waals surface area contributed by atoms with Crippen molar-refractivity contribution in [2.24, 2.45) is 0 Å². The summed E-state index contributed by atoms with van der Waals surface area (Å²) < 4.78 is 0. The molecule has 0 amide bonds. The van der Waals surface area contributed by atoms with Gasteiger partial charge in [0.15, 0.2) is 0 Å². The van der Waals surface area contributed by atoms with E-state index in [-0.39, 0.29) is 11.6 Å². The molecule has 1 unspecified atom stereocenters. The van der Waals surface area contributed by atoms with E-state index in [1.807, 2.05) is 19.2 Å². The molecule has 106 valence electrons. The van der Waals surface area contributed by atoms with E-state index in [2.05, 4.69) is 30.4 Å². The van der Waals surface area contributed by atoms with Crippen LogP contribution in [-0.4, -0.2) is 31.6 Å². The van der Waals surface area contributed by atoms with Crippen LogP contribution in [0.3, 0.4) is 0 Å². The molecule has 4 heteroatoms. The summed E-state index contributed by atoms with van der Waals surface area (Å²) >= 11 is 12.2. The van der Waals surface area contributed by atoms with Gasteiger partial charge in [-0.2, -0.15) is 0 Å². The zero-order valence-electron chi connectivity index (χ0n) is 11.8. The molecule has 2 nitrogen and oxygen atoms in total. The fourth-order valence-corrected chi connectivity index (χ4v) is 3.73. The van der Waals surface area contributed by atoms with E-state index in [1.54, 1.807) is 0 Å². The van der Waals surface area contributed by atoms with Crippen molar-refractivity contribution in [1.29, 1.82) is 0 Å². The average Bonchev–Trinajstić information content (AvgIpc) is 2.85. The number of benzene rings is 1. The molecule has 1 aliphatic rings. The van der Waals surface area contributed by atoms with Crippen LogP contribution in [0, 0.1) is 0 Å². The summed E-state index contributed by atoms with van der Waals surface area (Å²) in [5.74, 6) is 0. The van der Waals surface area contributed by atoms with Crippen LogP contribution in [0.15, 0.2) is 18.2 Å². The molecule has 1 saturated carbocycles. The number of hydrogen-bond donors (Lipinski definition) is 1. The summed E-state index contributed by atoms with van der Waals surface area (Å²) in [6.07, 6.45) is 5.01. The van der Waals surface area contributed by atoms with Gasteiger partial charge in [0, 0.05) is 5.54 Å². The third-order valence-electron chi connectivity index (χ3n) is 4.46. The number of nitrogens with zero attached hydrogens (tertiary/aromatic N) is 1. The van der Waals surface area contributed by atoms with Gasteiger partial charge in [-0.25, -0.2) is 0 Å². The molecule has 1 atom stereocenters. The van der Waals surface area contributed by atoms with Crippen molar-refractivity contribution in [3.8, 4) is 0 Å². The zero-order valence-corrected chi connectivity index (χ0v) is 13.4. The third kappa shape index (κ3) is 2.78. The summed E-state index contributed by atoms with van der Waals surface area (Å²) in [6.45, 7) is 0. The smallest absolute Gasteiger partial charge is 0.0595 e. The lowest BCUT2D eigenvalue weighted by molar-refractivity contribution is 0.108. The molecular formula is C15H22Cl2N2. The van der Waals surface area contributed by atoms with Crippen LogP contribution in [-0.2, 0) is 0 Å². The summed E-state index contributed by atoms with van der Waals surface area (Å²) in [4.78, 5) is 2.36. The van der Waals surface area contributed by atoms with Gasteiger partial charge in [0.1, 0.15) is 0 Å². The van der Waals surface area contributed by atoms with Crippen molar-refractivity contribution in [2.45, 2.75) is 37.3 Å². The van der Waals surface area contributed by atoms with Crippen LogP contribution >= 0.6 is 23.2 Å². The van der Waals surface area contributed by atoms with Crippen molar-refractivity contribution in [1.82, 2.24) is 10.2 Å². The summed E-state index contributed by atoms with van der Waals surface area (Å²) in [7, 11) is 6.37. The second-order valence-corrected chi connectivity index (χ2v) is 6.41. The monoisotopic (exact) mass is 300 g/mol. The fraction of sp³-hybridized carbons (Fsp3) is 0.600. The molecule has 1 fully saturated rings. The molecule has 0 heterocycles. The van der Waals surface area contributed by atoms with Gasteiger partial charge < -0.3 is 10.2 Å². The Kier molecular flexibility index (Phi) is 4.78. The molecule has 2 rings (SSSR count). The lowest BCUT2D eigenvalue weighted by atomic mass is 9.82. The lowest BCUT2D eigenvalue weighted by Gasteiger charge is -2.43. The Morgan fingerprint density at radius 1 is 1.16 bits per heavy atom. The van der Waals surface area contributed by atoms with Gasteiger partial charge >= 0.3 is 0 Å². The van der Waals surface area contributed by atoms with Crippen molar-refractivity contribution in [3.05, 3.63) is 33.8 Å². The minimum Gasteiger partial charge on any atom is -0.311 e. The average molecular weight is 301 g/mol.